The van der Waals surface area contributed by atoms with E-state index >= 15 is 0 Å². The summed E-state index contributed by atoms with van der Waals surface area (Å²) in [4.78, 5) is 25.9. The number of nitrogens with one attached hydrogen (secondary N) is 1. The zero-order valence-corrected chi connectivity index (χ0v) is 36.3. The molecule has 0 aliphatic rings. The highest BCUT2D eigenvalue weighted by atomic mass is 16.5. The van der Waals surface area contributed by atoms with Crippen molar-refractivity contribution in [2.24, 2.45) is 0 Å². The second-order valence-electron chi connectivity index (χ2n) is 15.8. The first kappa shape index (κ1) is 52.8. The molecule has 0 aliphatic carbocycles. The first-order valence-corrected chi connectivity index (χ1v) is 23.4. The van der Waals surface area contributed by atoms with Crippen molar-refractivity contribution in [1.29, 1.82) is 0 Å². The van der Waals surface area contributed by atoms with Crippen LogP contribution in [0.3, 0.4) is 0 Å². The molecule has 0 saturated carbocycles. The smallest absolute Gasteiger partial charge is 0.306 e. The number of aliphatic hydroxyl groups is 2. The molecule has 1 amide bonds. The third-order valence-corrected chi connectivity index (χ3v) is 10.4. The van der Waals surface area contributed by atoms with Gasteiger partial charge in [-0.1, -0.05) is 198 Å². The molecular weight excluding hydrogens is 683 g/mol. The number of ether oxygens (including phenoxy) is 1. The molecule has 6 heteroatoms. The quantitative estimate of drug-likeness (QED) is 0.0327. The first-order chi connectivity index (χ1) is 27.0. The van der Waals surface area contributed by atoms with E-state index in [0.717, 1.165) is 64.2 Å². The summed E-state index contributed by atoms with van der Waals surface area (Å²) in [7, 11) is 0. The standard InChI is InChI=1S/C49H89NO5/c1-4-7-10-13-16-18-20-22-23-24-25-26-28-30-33-36-39-42-49(54)55-45(40-37-34-31-15-12-9-6-3)43-48(53)50-46(44-51)47(52)41-38-35-32-29-27-21-19-17-14-11-8-5-2/h16,18,22-23,25-26,30,33,45-47,51-52H,4-15,17,19-21,24,27-29,31-32,34-44H2,1-3H3,(H,50,53)/b18-16-,23-22-,26-25-,33-30-. The number of amides is 1. The molecule has 3 N–H and O–H groups in total. The molecular formula is C49H89NO5. The molecule has 0 spiro atoms. The van der Waals surface area contributed by atoms with Crippen molar-refractivity contribution < 1.29 is 24.5 Å². The van der Waals surface area contributed by atoms with Crippen molar-refractivity contribution in [3.8, 4) is 0 Å². The Morgan fingerprint density at radius 3 is 1.40 bits per heavy atom. The van der Waals surface area contributed by atoms with Crippen LogP contribution in [0.25, 0.3) is 0 Å². The zero-order chi connectivity index (χ0) is 40.3. The number of carbonyl (C=O) groups excluding carboxylic acids is 2. The number of rotatable bonds is 41. The Bertz CT molecular complexity index is 957. The van der Waals surface area contributed by atoms with Gasteiger partial charge in [0.15, 0.2) is 0 Å². The fraction of sp³-hybridized carbons (Fsp3) is 0.796. The summed E-state index contributed by atoms with van der Waals surface area (Å²) in [5, 5.41) is 23.6. The van der Waals surface area contributed by atoms with Crippen LogP contribution in [0.2, 0.25) is 0 Å². The predicted molar refractivity (Wildman–Crippen MR) is 236 cm³/mol. The lowest BCUT2D eigenvalue weighted by atomic mass is 10.0. The summed E-state index contributed by atoms with van der Waals surface area (Å²) in [6, 6.07) is -0.708. The van der Waals surface area contributed by atoms with E-state index in [4.69, 9.17) is 4.74 Å². The third-order valence-electron chi connectivity index (χ3n) is 10.4. The fourth-order valence-corrected chi connectivity index (χ4v) is 6.83. The van der Waals surface area contributed by atoms with Gasteiger partial charge in [0.1, 0.15) is 6.10 Å². The Morgan fingerprint density at radius 2 is 0.927 bits per heavy atom. The number of allylic oxidation sites excluding steroid dienone is 8. The summed E-state index contributed by atoms with van der Waals surface area (Å²) in [6.07, 6.45) is 50.4. The van der Waals surface area contributed by atoms with Crippen molar-refractivity contribution in [3.63, 3.8) is 0 Å². The van der Waals surface area contributed by atoms with Gasteiger partial charge in [0.25, 0.3) is 0 Å². The van der Waals surface area contributed by atoms with Crippen molar-refractivity contribution in [3.05, 3.63) is 48.6 Å². The normalized spacial score (nSPS) is 13.8. The van der Waals surface area contributed by atoms with Crippen LogP contribution in [0.15, 0.2) is 48.6 Å². The van der Waals surface area contributed by atoms with Gasteiger partial charge in [-0.3, -0.25) is 9.59 Å². The van der Waals surface area contributed by atoms with E-state index in [1.807, 2.05) is 0 Å². The minimum atomic E-state index is -0.793. The molecule has 3 atom stereocenters. The SMILES string of the molecule is CCCCC/C=C\C/C=C\C/C=C\C/C=C\CCCC(=O)OC(CCCCCCCCC)CC(=O)NC(CO)C(O)CCCCCCCCCCCCCC. The van der Waals surface area contributed by atoms with Gasteiger partial charge >= 0.3 is 5.97 Å². The molecule has 6 nitrogen and oxygen atoms in total. The summed E-state index contributed by atoms with van der Waals surface area (Å²) in [5.41, 5.74) is 0. The van der Waals surface area contributed by atoms with Gasteiger partial charge in [-0.25, -0.2) is 0 Å². The van der Waals surface area contributed by atoms with Gasteiger partial charge in [-0.05, 0) is 64.2 Å². The molecule has 0 fully saturated rings. The summed E-state index contributed by atoms with van der Waals surface area (Å²) >= 11 is 0. The minimum Gasteiger partial charge on any atom is -0.462 e. The lowest BCUT2D eigenvalue weighted by molar-refractivity contribution is -0.151. The number of carbonyl (C=O) groups is 2. The Morgan fingerprint density at radius 1 is 0.527 bits per heavy atom. The zero-order valence-electron chi connectivity index (χ0n) is 36.3. The van der Waals surface area contributed by atoms with Crippen LogP contribution in [-0.4, -0.2) is 46.9 Å². The first-order valence-electron chi connectivity index (χ1n) is 23.4. The molecule has 0 aromatic heterocycles. The summed E-state index contributed by atoms with van der Waals surface area (Å²) < 4.78 is 5.85. The third kappa shape index (κ3) is 38.5. The Hall–Kier alpha value is -2.18. The maximum Gasteiger partial charge on any atom is 0.306 e. The molecule has 0 heterocycles. The summed E-state index contributed by atoms with van der Waals surface area (Å²) in [6.45, 7) is 6.39. The number of hydrogen-bond donors (Lipinski definition) is 3. The average Bonchev–Trinajstić information content (AvgIpc) is 3.18. The molecule has 0 radical (unpaired) electrons. The van der Waals surface area contributed by atoms with E-state index < -0.39 is 18.2 Å². The van der Waals surface area contributed by atoms with Crippen molar-refractivity contribution in [2.75, 3.05) is 6.61 Å². The number of unbranched alkanes of at least 4 members (excludes halogenated alkanes) is 21. The highest BCUT2D eigenvalue weighted by Gasteiger charge is 2.24. The van der Waals surface area contributed by atoms with Gasteiger partial charge in [-0.2, -0.15) is 0 Å². The van der Waals surface area contributed by atoms with Crippen LogP contribution in [0.1, 0.15) is 226 Å². The lowest BCUT2D eigenvalue weighted by Gasteiger charge is -2.24. The van der Waals surface area contributed by atoms with Crippen LogP contribution < -0.4 is 5.32 Å². The van der Waals surface area contributed by atoms with E-state index in [9.17, 15) is 19.8 Å². The second kappa shape index (κ2) is 43.0. The van der Waals surface area contributed by atoms with Crippen LogP contribution in [-0.2, 0) is 14.3 Å². The Labute approximate surface area is 340 Å². The number of aliphatic hydroxyl groups excluding tert-OH is 2. The van der Waals surface area contributed by atoms with Crippen molar-refractivity contribution in [1.82, 2.24) is 5.32 Å². The molecule has 55 heavy (non-hydrogen) atoms. The maximum atomic E-state index is 13.1. The van der Waals surface area contributed by atoms with Gasteiger partial charge in [0.2, 0.25) is 5.91 Å². The van der Waals surface area contributed by atoms with Crippen LogP contribution in [0.4, 0.5) is 0 Å². The molecule has 320 valence electrons. The van der Waals surface area contributed by atoms with Gasteiger partial charge < -0.3 is 20.3 Å². The van der Waals surface area contributed by atoms with Gasteiger partial charge in [0.05, 0.1) is 25.2 Å². The van der Waals surface area contributed by atoms with Crippen LogP contribution >= 0.6 is 0 Å². The van der Waals surface area contributed by atoms with E-state index in [-0.39, 0.29) is 24.9 Å². The molecule has 0 rings (SSSR count). The van der Waals surface area contributed by atoms with E-state index in [1.54, 1.807) is 0 Å². The predicted octanol–water partition coefficient (Wildman–Crippen LogP) is 13.5. The highest BCUT2D eigenvalue weighted by Crippen LogP contribution is 2.17. The van der Waals surface area contributed by atoms with Crippen molar-refractivity contribution >= 4 is 11.9 Å². The summed E-state index contributed by atoms with van der Waals surface area (Å²) in [5.74, 6) is -0.544. The topological polar surface area (TPSA) is 95.9 Å². The average molecular weight is 772 g/mol. The lowest BCUT2D eigenvalue weighted by Crippen LogP contribution is -2.46. The molecule has 0 bridgehead atoms. The van der Waals surface area contributed by atoms with Crippen LogP contribution in [0, 0.1) is 0 Å². The Balaban J connectivity index is 4.51. The van der Waals surface area contributed by atoms with E-state index in [2.05, 4.69) is 74.7 Å². The molecule has 0 aromatic rings. The number of esters is 1. The van der Waals surface area contributed by atoms with Crippen molar-refractivity contribution in [2.45, 2.75) is 244 Å². The number of hydrogen-bond acceptors (Lipinski definition) is 5. The Kier molecular flexibility index (Phi) is 41.2. The minimum absolute atomic E-state index is 0.0561. The maximum absolute atomic E-state index is 13.1. The van der Waals surface area contributed by atoms with E-state index in [1.165, 1.54) is 109 Å². The second-order valence-corrected chi connectivity index (χ2v) is 15.8. The largest absolute Gasteiger partial charge is 0.462 e. The van der Waals surface area contributed by atoms with Crippen LogP contribution in [0.5, 0.6) is 0 Å². The molecule has 3 unspecified atom stereocenters. The molecule has 0 aliphatic heterocycles. The van der Waals surface area contributed by atoms with E-state index in [0.29, 0.717) is 25.7 Å². The van der Waals surface area contributed by atoms with Gasteiger partial charge in [-0.15, -0.1) is 0 Å². The monoisotopic (exact) mass is 772 g/mol. The molecule has 0 saturated heterocycles. The van der Waals surface area contributed by atoms with Gasteiger partial charge in [0, 0.05) is 6.42 Å². The molecule has 0 aromatic carbocycles. The fourth-order valence-electron chi connectivity index (χ4n) is 6.83. The highest BCUT2D eigenvalue weighted by molar-refractivity contribution is 5.77.